The number of hydrogen-bond donors (Lipinski definition) is 2. The first kappa shape index (κ1) is 21.5. The molecule has 24 heavy (non-hydrogen) atoms. The molecule has 2 N–H and O–H groups in total. The first-order chi connectivity index (χ1) is 11.2. The van der Waals surface area contributed by atoms with Crippen LogP contribution >= 0.6 is 35.6 Å². The van der Waals surface area contributed by atoms with Crippen molar-refractivity contribution < 1.29 is 0 Å². The lowest BCUT2D eigenvalue weighted by Crippen LogP contribution is -2.39. The van der Waals surface area contributed by atoms with E-state index in [1.165, 1.54) is 38.9 Å². The highest BCUT2D eigenvalue weighted by Crippen LogP contribution is 2.19. The van der Waals surface area contributed by atoms with E-state index in [0.717, 1.165) is 29.0 Å². The Hall–Kier alpha value is -0.530. The minimum atomic E-state index is 0. The maximum absolute atomic E-state index is 6.18. The fourth-order valence-electron chi connectivity index (χ4n) is 3.03. The maximum atomic E-state index is 6.18. The summed E-state index contributed by atoms with van der Waals surface area (Å²) in [5.41, 5.74) is 1.09. The Balaban J connectivity index is 0.00000288. The van der Waals surface area contributed by atoms with Crippen molar-refractivity contribution in [3.8, 4) is 0 Å². The summed E-state index contributed by atoms with van der Waals surface area (Å²) in [6.07, 6.45) is 3.85. The molecule has 1 aromatic rings. The van der Waals surface area contributed by atoms with Gasteiger partial charge in [0, 0.05) is 25.2 Å². The Labute approximate surface area is 168 Å². The second-order valence-corrected chi connectivity index (χ2v) is 6.52. The van der Waals surface area contributed by atoms with E-state index in [9.17, 15) is 0 Å². The molecular weight excluding hydrogens is 435 g/mol. The van der Waals surface area contributed by atoms with Crippen LogP contribution in [0.5, 0.6) is 0 Å². The topological polar surface area (TPSA) is 39.7 Å². The van der Waals surface area contributed by atoms with E-state index in [1.807, 2.05) is 31.3 Å². The first-order valence-corrected chi connectivity index (χ1v) is 9.01. The molecule has 1 aromatic carbocycles. The van der Waals surface area contributed by atoms with Gasteiger partial charge in [-0.15, -0.1) is 24.0 Å². The summed E-state index contributed by atoms with van der Waals surface area (Å²) in [5, 5.41) is 7.53. The van der Waals surface area contributed by atoms with Crippen LogP contribution in [0.2, 0.25) is 5.02 Å². The van der Waals surface area contributed by atoms with Crippen molar-refractivity contribution in [1.29, 1.82) is 0 Å². The summed E-state index contributed by atoms with van der Waals surface area (Å²) in [4.78, 5) is 6.82. The quantitative estimate of drug-likeness (QED) is 0.383. The van der Waals surface area contributed by atoms with E-state index in [0.29, 0.717) is 6.54 Å². The number of guanidine groups is 1. The minimum Gasteiger partial charge on any atom is -0.356 e. The Kier molecular flexibility index (Phi) is 10.7. The zero-order chi connectivity index (χ0) is 16.5. The van der Waals surface area contributed by atoms with Crippen molar-refractivity contribution >= 4 is 41.5 Å². The van der Waals surface area contributed by atoms with Crippen LogP contribution in [0.3, 0.4) is 0 Å². The van der Waals surface area contributed by atoms with E-state index in [4.69, 9.17) is 11.6 Å². The van der Waals surface area contributed by atoms with Crippen molar-refractivity contribution in [2.45, 2.75) is 32.7 Å². The Morgan fingerprint density at radius 1 is 1.25 bits per heavy atom. The zero-order valence-electron chi connectivity index (χ0n) is 14.7. The number of likely N-dealkylation sites (tertiary alicyclic amines) is 1. The number of nitrogens with one attached hydrogen (secondary N) is 2. The molecule has 2 rings (SSSR count). The third-order valence-corrected chi connectivity index (χ3v) is 5.00. The predicted molar refractivity (Wildman–Crippen MR) is 115 cm³/mol. The number of aliphatic imine (C=N–C) groups is 1. The normalized spacial score (nSPS) is 16.5. The summed E-state index contributed by atoms with van der Waals surface area (Å²) < 4.78 is 0. The molecule has 1 fully saturated rings. The van der Waals surface area contributed by atoms with Gasteiger partial charge in [-0.25, -0.2) is 0 Å². The van der Waals surface area contributed by atoms with E-state index < -0.39 is 0 Å². The van der Waals surface area contributed by atoms with E-state index in [2.05, 4.69) is 27.4 Å². The molecule has 0 aromatic heterocycles. The molecule has 0 spiro atoms. The minimum absolute atomic E-state index is 0. The van der Waals surface area contributed by atoms with Gasteiger partial charge in [-0.05, 0) is 56.4 Å². The Bertz CT molecular complexity index is 502. The fourth-order valence-corrected chi connectivity index (χ4v) is 3.23. The third-order valence-electron chi connectivity index (χ3n) is 4.63. The van der Waals surface area contributed by atoms with Gasteiger partial charge in [0.2, 0.25) is 0 Å². The molecule has 1 heterocycles. The summed E-state index contributed by atoms with van der Waals surface area (Å²) in [7, 11) is 1.81. The number of benzene rings is 1. The van der Waals surface area contributed by atoms with Crippen LogP contribution in [-0.2, 0) is 6.54 Å². The van der Waals surface area contributed by atoms with E-state index in [-0.39, 0.29) is 24.0 Å². The maximum Gasteiger partial charge on any atom is 0.191 e. The number of hydrogen-bond acceptors (Lipinski definition) is 2. The van der Waals surface area contributed by atoms with Crippen LogP contribution in [0.25, 0.3) is 0 Å². The van der Waals surface area contributed by atoms with Crippen LogP contribution in [0.1, 0.15) is 31.7 Å². The second-order valence-electron chi connectivity index (χ2n) is 6.11. The van der Waals surface area contributed by atoms with Crippen LogP contribution in [0.4, 0.5) is 0 Å². The van der Waals surface area contributed by atoms with Crippen LogP contribution < -0.4 is 10.6 Å². The standard InChI is InChI=1S/C18H29ClN4.HI/c1-3-23-12-9-15(10-13-23)8-11-21-18(20-2)22-14-16-6-4-5-7-17(16)19;/h4-7,15H,3,8-14H2,1-2H3,(H2,20,21,22);1H. The highest BCUT2D eigenvalue weighted by Gasteiger charge is 2.17. The van der Waals surface area contributed by atoms with Gasteiger partial charge in [0.1, 0.15) is 0 Å². The van der Waals surface area contributed by atoms with Crippen molar-refractivity contribution in [3.63, 3.8) is 0 Å². The molecule has 0 atom stereocenters. The molecule has 4 nitrogen and oxygen atoms in total. The average Bonchev–Trinajstić information content (AvgIpc) is 2.59. The number of nitrogens with zero attached hydrogens (tertiary/aromatic N) is 2. The summed E-state index contributed by atoms with van der Waals surface area (Å²) >= 11 is 6.18. The van der Waals surface area contributed by atoms with Crippen molar-refractivity contribution in [1.82, 2.24) is 15.5 Å². The van der Waals surface area contributed by atoms with Gasteiger partial charge >= 0.3 is 0 Å². The molecule has 6 heteroatoms. The highest BCUT2D eigenvalue weighted by molar-refractivity contribution is 14.0. The van der Waals surface area contributed by atoms with Crippen molar-refractivity contribution in [3.05, 3.63) is 34.9 Å². The van der Waals surface area contributed by atoms with Gasteiger partial charge in [-0.1, -0.05) is 36.7 Å². The molecule has 0 bridgehead atoms. The third kappa shape index (κ3) is 7.15. The fraction of sp³-hybridized carbons (Fsp3) is 0.611. The van der Waals surface area contributed by atoms with Crippen molar-refractivity contribution in [2.75, 3.05) is 33.2 Å². The van der Waals surface area contributed by atoms with Crippen LogP contribution in [-0.4, -0.2) is 44.1 Å². The van der Waals surface area contributed by atoms with Gasteiger partial charge in [0.05, 0.1) is 0 Å². The molecule has 0 unspecified atom stereocenters. The van der Waals surface area contributed by atoms with E-state index in [1.54, 1.807) is 0 Å². The lowest BCUT2D eigenvalue weighted by molar-refractivity contribution is 0.187. The summed E-state index contributed by atoms with van der Waals surface area (Å²) in [5.74, 6) is 1.68. The van der Waals surface area contributed by atoms with Crippen molar-refractivity contribution in [2.24, 2.45) is 10.9 Å². The SMILES string of the molecule is CCN1CCC(CCNC(=NC)NCc2ccccc2Cl)CC1.I. The largest absolute Gasteiger partial charge is 0.356 e. The Morgan fingerprint density at radius 2 is 1.96 bits per heavy atom. The molecule has 136 valence electrons. The Morgan fingerprint density at radius 3 is 2.58 bits per heavy atom. The molecule has 0 saturated carbocycles. The molecule has 1 saturated heterocycles. The van der Waals surface area contributed by atoms with Gasteiger partial charge in [-0.3, -0.25) is 4.99 Å². The molecule has 0 aliphatic carbocycles. The van der Waals surface area contributed by atoms with Gasteiger partial charge in [0.15, 0.2) is 5.96 Å². The van der Waals surface area contributed by atoms with Gasteiger partial charge in [0.25, 0.3) is 0 Å². The second kappa shape index (κ2) is 11.9. The van der Waals surface area contributed by atoms with Gasteiger partial charge < -0.3 is 15.5 Å². The zero-order valence-corrected chi connectivity index (χ0v) is 17.8. The predicted octanol–water partition coefficient (Wildman–Crippen LogP) is 3.75. The lowest BCUT2D eigenvalue weighted by Gasteiger charge is -2.31. The monoisotopic (exact) mass is 464 g/mol. The van der Waals surface area contributed by atoms with Gasteiger partial charge in [-0.2, -0.15) is 0 Å². The molecule has 1 aliphatic heterocycles. The summed E-state index contributed by atoms with van der Waals surface area (Å²) in [6, 6.07) is 7.89. The number of halogens is 2. The lowest BCUT2D eigenvalue weighted by atomic mass is 9.93. The molecule has 1 aliphatic rings. The van der Waals surface area contributed by atoms with Crippen LogP contribution in [0, 0.1) is 5.92 Å². The van der Waals surface area contributed by atoms with E-state index >= 15 is 0 Å². The average molecular weight is 465 g/mol. The number of piperidine rings is 1. The molecule has 0 radical (unpaired) electrons. The highest BCUT2D eigenvalue weighted by atomic mass is 127. The van der Waals surface area contributed by atoms with Crippen LogP contribution in [0.15, 0.2) is 29.3 Å². The molecule has 0 amide bonds. The first-order valence-electron chi connectivity index (χ1n) is 8.63. The smallest absolute Gasteiger partial charge is 0.191 e. The molecular formula is C18H30ClIN4. The summed E-state index contributed by atoms with van der Waals surface area (Å²) in [6.45, 7) is 7.59. The number of rotatable bonds is 6.